The summed E-state index contributed by atoms with van der Waals surface area (Å²) in [5.41, 5.74) is 0.849. The predicted octanol–water partition coefficient (Wildman–Crippen LogP) is 1.47. The summed E-state index contributed by atoms with van der Waals surface area (Å²) in [6.45, 7) is 5.07. The molecule has 5 heteroatoms. The molecule has 0 amide bonds. The van der Waals surface area contributed by atoms with E-state index in [9.17, 15) is 4.39 Å². The van der Waals surface area contributed by atoms with Gasteiger partial charge in [-0.2, -0.15) is 5.26 Å². The van der Waals surface area contributed by atoms with Crippen molar-refractivity contribution in [3.63, 3.8) is 0 Å². The van der Waals surface area contributed by atoms with Crippen LogP contribution in [0.2, 0.25) is 0 Å². The van der Waals surface area contributed by atoms with Gasteiger partial charge in [-0.1, -0.05) is 6.07 Å². The molecule has 0 bridgehead atoms. The van der Waals surface area contributed by atoms with Crippen LogP contribution in [0.25, 0.3) is 0 Å². The van der Waals surface area contributed by atoms with Gasteiger partial charge in [-0.15, -0.1) is 0 Å². The lowest BCUT2D eigenvalue weighted by Crippen LogP contribution is -2.47. The van der Waals surface area contributed by atoms with E-state index < -0.39 is 5.82 Å². The summed E-state index contributed by atoms with van der Waals surface area (Å²) in [6, 6.07) is 6.75. The molecule has 1 aliphatic rings. The Hall–Kier alpha value is -1.64. The quantitative estimate of drug-likeness (QED) is 0.824. The second-order valence-electron chi connectivity index (χ2n) is 4.57. The normalized spacial score (nSPS) is 16.4. The van der Waals surface area contributed by atoms with Gasteiger partial charge in [0.1, 0.15) is 17.4 Å². The third kappa shape index (κ3) is 3.22. The molecule has 0 aliphatic carbocycles. The van der Waals surface area contributed by atoms with Crippen LogP contribution in [-0.2, 0) is 4.74 Å². The number of methoxy groups -OCH3 is 1. The Bertz CT molecular complexity index is 464. The summed E-state index contributed by atoms with van der Waals surface area (Å²) in [5.74, 6) is -0.443. The second-order valence-corrected chi connectivity index (χ2v) is 4.57. The number of hydrogen-bond acceptors (Lipinski definition) is 4. The van der Waals surface area contributed by atoms with Crippen LogP contribution >= 0.6 is 0 Å². The van der Waals surface area contributed by atoms with E-state index >= 15 is 0 Å². The van der Waals surface area contributed by atoms with Gasteiger partial charge in [0.15, 0.2) is 0 Å². The van der Waals surface area contributed by atoms with Crippen LogP contribution in [0.15, 0.2) is 18.2 Å². The van der Waals surface area contributed by atoms with Crippen LogP contribution in [0.4, 0.5) is 10.1 Å². The fraction of sp³-hybridized carbons (Fsp3) is 0.500. The molecule has 102 valence electrons. The minimum atomic E-state index is -0.443. The zero-order valence-corrected chi connectivity index (χ0v) is 11.1. The third-order valence-corrected chi connectivity index (χ3v) is 3.43. The molecule has 1 aromatic carbocycles. The third-order valence-electron chi connectivity index (χ3n) is 3.43. The van der Waals surface area contributed by atoms with Crippen molar-refractivity contribution in [1.82, 2.24) is 4.90 Å². The molecular weight excluding hydrogens is 245 g/mol. The van der Waals surface area contributed by atoms with Gasteiger partial charge < -0.3 is 9.64 Å². The molecule has 0 radical (unpaired) electrons. The number of hydrogen-bond donors (Lipinski definition) is 0. The van der Waals surface area contributed by atoms with Gasteiger partial charge in [-0.25, -0.2) is 4.39 Å². The Morgan fingerprint density at radius 2 is 2.05 bits per heavy atom. The van der Waals surface area contributed by atoms with Crippen LogP contribution in [0.3, 0.4) is 0 Å². The van der Waals surface area contributed by atoms with Crippen molar-refractivity contribution in [1.29, 1.82) is 5.26 Å². The summed E-state index contributed by atoms with van der Waals surface area (Å²) in [6.07, 6.45) is 0. The molecule has 1 heterocycles. The lowest BCUT2D eigenvalue weighted by Gasteiger charge is -2.36. The van der Waals surface area contributed by atoms with Crippen LogP contribution < -0.4 is 4.90 Å². The molecule has 0 aromatic heterocycles. The first-order chi connectivity index (χ1) is 9.26. The molecule has 4 nitrogen and oxygen atoms in total. The second kappa shape index (κ2) is 6.50. The molecule has 0 unspecified atom stereocenters. The first-order valence-corrected chi connectivity index (χ1v) is 6.41. The Labute approximate surface area is 113 Å². The number of halogens is 1. The molecule has 1 saturated heterocycles. The standard InChI is InChI=1S/C14H18FN3O/c1-19-10-9-17-5-7-18(8-6-17)14-4-2-3-13(15)12(14)11-16/h2-4H,5-10H2,1H3. The van der Waals surface area contributed by atoms with Crippen molar-refractivity contribution in [2.45, 2.75) is 0 Å². The van der Waals surface area contributed by atoms with Gasteiger partial charge in [0.25, 0.3) is 0 Å². The van der Waals surface area contributed by atoms with Crippen molar-refractivity contribution >= 4 is 5.69 Å². The van der Waals surface area contributed by atoms with Crippen molar-refractivity contribution in [3.8, 4) is 6.07 Å². The van der Waals surface area contributed by atoms with Crippen LogP contribution in [-0.4, -0.2) is 51.3 Å². The van der Waals surface area contributed by atoms with Crippen molar-refractivity contribution in [2.24, 2.45) is 0 Å². The maximum absolute atomic E-state index is 13.6. The van der Waals surface area contributed by atoms with E-state index in [0.717, 1.165) is 39.3 Å². The number of piperazine rings is 1. The zero-order valence-electron chi connectivity index (χ0n) is 11.1. The summed E-state index contributed by atoms with van der Waals surface area (Å²) < 4.78 is 18.6. The van der Waals surface area contributed by atoms with Crippen LogP contribution in [0.5, 0.6) is 0 Å². The molecule has 2 rings (SSSR count). The van der Waals surface area contributed by atoms with E-state index in [2.05, 4.69) is 9.80 Å². The molecule has 1 fully saturated rings. The topological polar surface area (TPSA) is 39.5 Å². The van der Waals surface area contributed by atoms with E-state index in [4.69, 9.17) is 10.00 Å². The fourth-order valence-electron chi connectivity index (χ4n) is 2.32. The smallest absolute Gasteiger partial charge is 0.143 e. The molecule has 19 heavy (non-hydrogen) atoms. The monoisotopic (exact) mass is 263 g/mol. The zero-order chi connectivity index (χ0) is 13.7. The molecule has 1 aromatic rings. The van der Waals surface area contributed by atoms with Crippen molar-refractivity contribution in [2.75, 3.05) is 51.3 Å². The SMILES string of the molecule is COCCN1CCN(c2cccc(F)c2C#N)CC1. The Morgan fingerprint density at radius 3 is 2.68 bits per heavy atom. The highest BCUT2D eigenvalue weighted by atomic mass is 19.1. The van der Waals surface area contributed by atoms with E-state index in [1.165, 1.54) is 6.07 Å². The number of rotatable bonds is 4. The summed E-state index contributed by atoms with van der Waals surface area (Å²) in [7, 11) is 1.70. The first-order valence-electron chi connectivity index (χ1n) is 6.41. The number of benzene rings is 1. The van der Waals surface area contributed by atoms with Crippen molar-refractivity contribution < 1.29 is 9.13 Å². The van der Waals surface area contributed by atoms with Crippen molar-refractivity contribution in [3.05, 3.63) is 29.6 Å². The maximum Gasteiger partial charge on any atom is 0.143 e. The minimum Gasteiger partial charge on any atom is -0.383 e. The largest absolute Gasteiger partial charge is 0.383 e. The lowest BCUT2D eigenvalue weighted by atomic mass is 10.1. The first kappa shape index (κ1) is 13.8. The van der Waals surface area contributed by atoms with E-state index in [1.54, 1.807) is 13.2 Å². The highest BCUT2D eigenvalue weighted by Crippen LogP contribution is 2.23. The summed E-state index contributed by atoms with van der Waals surface area (Å²) >= 11 is 0. The molecule has 0 N–H and O–H groups in total. The average molecular weight is 263 g/mol. The molecule has 0 spiro atoms. The lowest BCUT2D eigenvalue weighted by molar-refractivity contribution is 0.144. The number of nitriles is 1. The summed E-state index contributed by atoms with van der Waals surface area (Å²) in [5, 5.41) is 9.05. The van der Waals surface area contributed by atoms with Crippen LogP contribution in [0, 0.1) is 17.1 Å². The number of nitrogens with zero attached hydrogens (tertiary/aromatic N) is 3. The Morgan fingerprint density at radius 1 is 1.32 bits per heavy atom. The van der Waals surface area contributed by atoms with Gasteiger partial charge >= 0.3 is 0 Å². The van der Waals surface area contributed by atoms with Gasteiger partial charge in [0, 0.05) is 39.8 Å². The molecule has 0 atom stereocenters. The van der Waals surface area contributed by atoms with E-state index in [1.807, 2.05) is 12.1 Å². The molecule has 0 saturated carbocycles. The Balaban J connectivity index is 2.02. The minimum absolute atomic E-state index is 0.146. The van der Waals surface area contributed by atoms with Crippen LogP contribution in [0.1, 0.15) is 5.56 Å². The predicted molar refractivity (Wildman–Crippen MR) is 71.6 cm³/mol. The number of anilines is 1. The van der Waals surface area contributed by atoms with Gasteiger partial charge in [0.05, 0.1) is 12.3 Å². The van der Waals surface area contributed by atoms with Gasteiger partial charge in [-0.05, 0) is 12.1 Å². The average Bonchev–Trinajstić information content (AvgIpc) is 2.45. The highest BCUT2D eigenvalue weighted by Gasteiger charge is 2.20. The molecular formula is C14H18FN3O. The maximum atomic E-state index is 13.6. The van der Waals surface area contributed by atoms with Gasteiger partial charge in [0.2, 0.25) is 0 Å². The van der Waals surface area contributed by atoms with E-state index in [0.29, 0.717) is 5.69 Å². The summed E-state index contributed by atoms with van der Waals surface area (Å²) in [4.78, 5) is 4.39. The highest BCUT2D eigenvalue weighted by molar-refractivity contribution is 5.60. The van der Waals surface area contributed by atoms with Gasteiger partial charge in [-0.3, -0.25) is 4.90 Å². The van der Waals surface area contributed by atoms with E-state index in [-0.39, 0.29) is 5.56 Å². The number of ether oxygens (including phenoxy) is 1. The fourth-order valence-corrected chi connectivity index (χ4v) is 2.32. The molecule has 1 aliphatic heterocycles. The Kier molecular flexibility index (Phi) is 4.72.